The van der Waals surface area contributed by atoms with E-state index in [1.54, 1.807) is 0 Å². The Morgan fingerprint density at radius 3 is 2.26 bits per heavy atom. The van der Waals surface area contributed by atoms with E-state index in [4.69, 9.17) is 14.2 Å². The van der Waals surface area contributed by atoms with Crippen LogP contribution in [-0.4, -0.2) is 56.2 Å². The van der Waals surface area contributed by atoms with Crippen LogP contribution < -0.4 is 19.5 Å². The second kappa shape index (κ2) is 11.8. The topological polar surface area (TPSA) is 89.9 Å². The van der Waals surface area contributed by atoms with E-state index < -0.39 is 35.3 Å². The normalized spacial score (nSPS) is 15.4. The average molecular weight is 591 g/mol. The zero-order valence-corrected chi connectivity index (χ0v) is 24.1. The van der Waals surface area contributed by atoms with Crippen LogP contribution in [0.2, 0.25) is 0 Å². The van der Waals surface area contributed by atoms with Gasteiger partial charge in [0.05, 0.1) is 26.5 Å². The molecule has 3 aromatic rings. The van der Waals surface area contributed by atoms with E-state index in [9.17, 15) is 27.5 Å². The smallest absolute Gasteiger partial charge is 0.401 e. The molecule has 2 N–H and O–H groups in total. The molecule has 1 atom stereocenters. The number of halogens is 4. The number of rotatable bonds is 10. The Morgan fingerprint density at radius 1 is 1.10 bits per heavy atom. The molecule has 226 valence electrons. The highest BCUT2D eigenvalue weighted by molar-refractivity contribution is 5.95. The van der Waals surface area contributed by atoms with Gasteiger partial charge < -0.3 is 24.6 Å². The highest BCUT2D eigenvalue weighted by atomic mass is 19.4. The minimum absolute atomic E-state index is 0.0458. The lowest BCUT2D eigenvalue weighted by molar-refractivity contribution is -0.184. The number of alkyl halides is 3. The van der Waals surface area contributed by atoms with E-state index in [0.29, 0.717) is 46.8 Å². The van der Waals surface area contributed by atoms with Crippen molar-refractivity contribution in [3.8, 4) is 28.5 Å². The summed E-state index contributed by atoms with van der Waals surface area (Å²) in [4.78, 5) is 17.6. The number of hydrogen-bond acceptors (Lipinski definition) is 6. The molecule has 11 heteroatoms. The fraction of sp³-hybridized carbons (Fsp3) is 0.419. The number of benzene rings is 2. The first kappa shape index (κ1) is 31.1. The van der Waals surface area contributed by atoms with Crippen molar-refractivity contribution in [2.24, 2.45) is 0 Å². The minimum atomic E-state index is -4.81. The minimum Gasteiger partial charge on any atom is -0.496 e. The van der Waals surface area contributed by atoms with Gasteiger partial charge in [0, 0.05) is 40.8 Å². The van der Waals surface area contributed by atoms with Crippen molar-refractivity contribution in [2.45, 2.75) is 50.6 Å². The van der Waals surface area contributed by atoms with E-state index in [-0.39, 0.29) is 30.2 Å². The maximum atomic E-state index is 14.9. The number of pyridine rings is 1. The van der Waals surface area contributed by atoms with Crippen LogP contribution in [0.4, 0.5) is 17.6 Å². The number of hydrogen-bond donors (Lipinski definition) is 2. The monoisotopic (exact) mass is 590 g/mol. The predicted octanol–water partition coefficient (Wildman–Crippen LogP) is 5.75. The first-order valence-corrected chi connectivity index (χ1v) is 13.4. The molecule has 1 aromatic heterocycles. The third-order valence-corrected chi connectivity index (χ3v) is 7.65. The number of amides is 1. The standard InChI is InChI=1S/C31H34F4N2O5/c1-29(2)17-42-27-22(29)15-25(37-26(27)18-8-10-20(32)11-9-18)30(3,31(33,34)35)16-36-28(39)19-13-23(40-4)21(7-6-12-38)24(14-19)41-5/h8-11,13-15,38H,6-7,12,16-17H2,1-5H3,(H,36,39)/t30-/m0/s1. The molecule has 0 saturated heterocycles. The Balaban J connectivity index is 1.74. The Labute approximate surface area is 241 Å². The second-order valence-electron chi connectivity index (χ2n) is 11.1. The van der Waals surface area contributed by atoms with E-state index >= 15 is 0 Å². The highest BCUT2D eigenvalue weighted by Gasteiger charge is 2.54. The van der Waals surface area contributed by atoms with Crippen LogP contribution in [0.15, 0.2) is 42.5 Å². The van der Waals surface area contributed by atoms with Gasteiger partial charge >= 0.3 is 6.18 Å². The van der Waals surface area contributed by atoms with Crippen molar-refractivity contribution in [3.05, 3.63) is 70.7 Å². The van der Waals surface area contributed by atoms with Crippen LogP contribution >= 0.6 is 0 Å². The van der Waals surface area contributed by atoms with Crippen LogP contribution in [-0.2, 0) is 17.3 Å². The van der Waals surface area contributed by atoms with Gasteiger partial charge in [-0.2, -0.15) is 13.2 Å². The molecule has 1 aliphatic heterocycles. The van der Waals surface area contributed by atoms with Crippen LogP contribution in [0, 0.1) is 5.82 Å². The molecule has 0 unspecified atom stereocenters. The van der Waals surface area contributed by atoms with Crippen LogP contribution in [0.3, 0.4) is 0 Å². The molecule has 42 heavy (non-hydrogen) atoms. The fourth-order valence-corrected chi connectivity index (χ4v) is 4.91. The average Bonchev–Trinajstić information content (AvgIpc) is 3.27. The summed E-state index contributed by atoms with van der Waals surface area (Å²) in [5.74, 6) is -0.273. The third-order valence-electron chi connectivity index (χ3n) is 7.65. The number of fused-ring (bicyclic) bond motifs is 1. The second-order valence-corrected chi connectivity index (χ2v) is 11.1. The van der Waals surface area contributed by atoms with Crippen molar-refractivity contribution in [2.75, 3.05) is 34.0 Å². The van der Waals surface area contributed by atoms with Gasteiger partial charge in [-0.05, 0) is 62.2 Å². The molecule has 7 nitrogen and oxygen atoms in total. The number of aromatic nitrogens is 1. The van der Waals surface area contributed by atoms with E-state index in [1.165, 1.54) is 56.7 Å². The van der Waals surface area contributed by atoms with Gasteiger partial charge in [-0.15, -0.1) is 0 Å². The molecule has 0 radical (unpaired) electrons. The maximum absolute atomic E-state index is 14.9. The number of carbonyl (C=O) groups excluding carboxylic acids is 1. The quantitative estimate of drug-likeness (QED) is 0.293. The Hall–Kier alpha value is -3.86. The molecule has 0 aliphatic carbocycles. The first-order chi connectivity index (χ1) is 19.8. The molecular weight excluding hydrogens is 556 g/mol. The lowest BCUT2D eigenvalue weighted by Crippen LogP contribution is -2.49. The van der Waals surface area contributed by atoms with Crippen LogP contribution in [0.5, 0.6) is 17.2 Å². The molecule has 1 aliphatic rings. The zero-order chi connectivity index (χ0) is 30.9. The molecular formula is C31H34F4N2O5. The summed E-state index contributed by atoms with van der Waals surface area (Å²) in [6, 6.07) is 9.53. The number of aliphatic hydroxyl groups excluding tert-OH is 1. The Bertz CT molecular complexity index is 1430. The summed E-state index contributed by atoms with van der Waals surface area (Å²) >= 11 is 0. The number of methoxy groups -OCH3 is 2. The first-order valence-electron chi connectivity index (χ1n) is 13.4. The van der Waals surface area contributed by atoms with Gasteiger partial charge in [0.25, 0.3) is 5.91 Å². The fourth-order valence-electron chi connectivity index (χ4n) is 4.91. The van der Waals surface area contributed by atoms with Crippen molar-refractivity contribution >= 4 is 5.91 Å². The SMILES string of the molecule is COc1cc(C(=O)NC[C@@](C)(c2cc3c(c(-c4ccc(F)cc4)n2)OCC3(C)C)C(F)(F)F)cc(OC)c1CCCO. The van der Waals surface area contributed by atoms with Crippen molar-refractivity contribution in [1.82, 2.24) is 10.3 Å². The van der Waals surface area contributed by atoms with Crippen molar-refractivity contribution in [1.29, 1.82) is 0 Å². The maximum Gasteiger partial charge on any atom is 0.401 e. The number of carbonyl (C=O) groups is 1. The van der Waals surface area contributed by atoms with E-state index in [2.05, 4.69) is 10.3 Å². The summed E-state index contributed by atoms with van der Waals surface area (Å²) in [5.41, 5.74) is -1.72. The van der Waals surface area contributed by atoms with Crippen molar-refractivity contribution in [3.63, 3.8) is 0 Å². The molecule has 0 fully saturated rings. The van der Waals surface area contributed by atoms with Gasteiger partial charge in [0.1, 0.15) is 34.2 Å². The summed E-state index contributed by atoms with van der Waals surface area (Å²) in [7, 11) is 2.81. The molecule has 2 aromatic carbocycles. The van der Waals surface area contributed by atoms with Gasteiger partial charge in [0.15, 0.2) is 0 Å². The Kier molecular flexibility index (Phi) is 8.73. The van der Waals surface area contributed by atoms with Gasteiger partial charge in [-0.3, -0.25) is 4.79 Å². The van der Waals surface area contributed by atoms with Gasteiger partial charge in [0.2, 0.25) is 0 Å². The summed E-state index contributed by atoms with van der Waals surface area (Å²) in [6.07, 6.45) is -3.97. The van der Waals surface area contributed by atoms with Crippen LogP contribution in [0.1, 0.15) is 54.4 Å². The number of aliphatic hydroxyl groups is 1. The number of nitrogens with zero attached hydrogens (tertiary/aromatic N) is 1. The van der Waals surface area contributed by atoms with E-state index in [1.807, 2.05) is 13.8 Å². The molecule has 0 saturated carbocycles. The predicted molar refractivity (Wildman–Crippen MR) is 149 cm³/mol. The molecule has 0 bridgehead atoms. The number of ether oxygens (including phenoxy) is 3. The van der Waals surface area contributed by atoms with E-state index in [0.717, 1.165) is 6.92 Å². The molecule has 0 spiro atoms. The number of nitrogens with one attached hydrogen (secondary N) is 1. The van der Waals surface area contributed by atoms with Gasteiger partial charge in [-0.25, -0.2) is 9.37 Å². The Morgan fingerprint density at radius 2 is 1.71 bits per heavy atom. The largest absolute Gasteiger partial charge is 0.496 e. The van der Waals surface area contributed by atoms with Gasteiger partial charge in [-0.1, -0.05) is 13.8 Å². The third kappa shape index (κ3) is 5.88. The molecule has 2 heterocycles. The lowest BCUT2D eigenvalue weighted by atomic mass is 9.80. The summed E-state index contributed by atoms with van der Waals surface area (Å²) in [5, 5.41) is 11.6. The van der Waals surface area contributed by atoms with Crippen LogP contribution in [0.25, 0.3) is 11.3 Å². The lowest BCUT2D eigenvalue weighted by Gasteiger charge is -2.33. The van der Waals surface area contributed by atoms with Crippen molar-refractivity contribution < 1.29 is 41.7 Å². The zero-order valence-electron chi connectivity index (χ0n) is 24.1. The summed E-state index contributed by atoms with van der Waals surface area (Å²) in [6.45, 7) is 4.05. The molecule has 1 amide bonds. The highest BCUT2D eigenvalue weighted by Crippen LogP contribution is 2.48. The molecule has 4 rings (SSSR count). The summed E-state index contributed by atoms with van der Waals surface area (Å²) < 4.78 is 74.9.